The minimum absolute atomic E-state index is 0.113. The van der Waals surface area contributed by atoms with Crippen LogP contribution in [-0.4, -0.2) is 69.2 Å². The van der Waals surface area contributed by atoms with Crippen LogP contribution in [0.2, 0.25) is 0 Å². The van der Waals surface area contributed by atoms with Gasteiger partial charge in [0.2, 0.25) is 5.95 Å². The average Bonchev–Trinajstić information content (AvgIpc) is 3.66. The Hall–Kier alpha value is -4.89. The summed E-state index contributed by atoms with van der Waals surface area (Å²) in [5.41, 5.74) is 2.40. The van der Waals surface area contributed by atoms with Crippen LogP contribution in [0.1, 0.15) is 77.1 Å². The smallest absolute Gasteiger partial charge is 0.280 e. The molecule has 0 spiro atoms. The van der Waals surface area contributed by atoms with Gasteiger partial charge in [-0.2, -0.15) is 10.2 Å². The van der Waals surface area contributed by atoms with E-state index in [0.29, 0.717) is 37.1 Å². The Morgan fingerprint density at radius 2 is 1.59 bits per heavy atom. The van der Waals surface area contributed by atoms with Crippen molar-refractivity contribution >= 4 is 25.6 Å². The first-order valence-electron chi connectivity index (χ1n) is 20.1. The number of benzene rings is 3. The summed E-state index contributed by atoms with van der Waals surface area (Å²) < 4.78 is 30.8. The zero-order chi connectivity index (χ0) is 41.2. The van der Waals surface area contributed by atoms with E-state index in [1.807, 2.05) is 53.1 Å². The van der Waals surface area contributed by atoms with Crippen molar-refractivity contribution < 1.29 is 18.5 Å². The molecule has 13 heteroatoms. The van der Waals surface area contributed by atoms with Gasteiger partial charge >= 0.3 is 0 Å². The van der Waals surface area contributed by atoms with Gasteiger partial charge in [0.1, 0.15) is 11.4 Å². The number of nitrogens with zero attached hydrogens (tertiary/aromatic N) is 5. The van der Waals surface area contributed by atoms with E-state index in [0.717, 1.165) is 22.4 Å². The maximum atomic E-state index is 13.2. The molecule has 0 saturated carbocycles. The Morgan fingerprint density at radius 3 is 2.17 bits per heavy atom. The highest BCUT2D eigenvalue weighted by Crippen LogP contribution is 2.50. The summed E-state index contributed by atoms with van der Waals surface area (Å²) in [5, 5.41) is 12.7. The van der Waals surface area contributed by atoms with Crippen molar-refractivity contribution in [1.29, 1.82) is 5.26 Å². The minimum Gasteiger partial charge on any atom is -0.497 e. The van der Waals surface area contributed by atoms with Crippen molar-refractivity contribution in [2.24, 2.45) is 11.8 Å². The molecule has 2 aromatic heterocycles. The average molecular weight is 806 g/mol. The summed E-state index contributed by atoms with van der Waals surface area (Å²) in [7, 11) is 0.0653. The lowest BCUT2D eigenvalue weighted by molar-refractivity contribution is -0.0282. The molecule has 2 N–H and O–H groups in total. The molecule has 0 radical (unpaired) electrons. The maximum Gasteiger partial charge on any atom is 0.280 e. The first-order chi connectivity index (χ1) is 28.0. The Bertz CT molecular complexity index is 2140. The number of aromatic amines is 1. The van der Waals surface area contributed by atoms with E-state index in [1.54, 1.807) is 13.4 Å². The van der Waals surface area contributed by atoms with E-state index in [2.05, 4.69) is 116 Å². The zero-order valence-electron chi connectivity index (χ0n) is 34.5. The molecule has 58 heavy (non-hydrogen) atoms. The quantitative estimate of drug-likeness (QED) is 0.0360. The van der Waals surface area contributed by atoms with Crippen LogP contribution >= 0.6 is 8.53 Å². The number of H-pyrrole nitrogens is 1. The Balaban J connectivity index is 1.43. The van der Waals surface area contributed by atoms with Gasteiger partial charge in [-0.1, -0.05) is 98.8 Å². The van der Waals surface area contributed by atoms with E-state index in [9.17, 15) is 10.1 Å². The second kappa shape index (κ2) is 19.7. The van der Waals surface area contributed by atoms with Gasteiger partial charge in [0, 0.05) is 24.5 Å². The molecule has 1 unspecified atom stereocenters. The Morgan fingerprint density at radius 1 is 0.948 bits per heavy atom. The van der Waals surface area contributed by atoms with Gasteiger partial charge in [-0.3, -0.25) is 9.78 Å². The first kappa shape index (κ1) is 42.7. The molecule has 0 bridgehead atoms. The summed E-state index contributed by atoms with van der Waals surface area (Å²) in [6.07, 6.45) is 6.35. The third-order valence-electron chi connectivity index (χ3n) is 10.2. The molecular weight excluding hydrogens is 750 g/mol. The van der Waals surface area contributed by atoms with Crippen LogP contribution < -0.4 is 15.6 Å². The van der Waals surface area contributed by atoms with Crippen LogP contribution in [0.5, 0.6) is 5.75 Å². The van der Waals surface area contributed by atoms with Crippen LogP contribution in [0.25, 0.3) is 11.2 Å². The van der Waals surface area contributed by atoms with Gasteiger partial charge in [-0.05, 0) is 68.9 Å². The number of imidazole rings is 1. The summed E-state index contributed by atoms with van der Waals surface area (Å²) in [6, 6.07) is 30.8. The molecule has 5 aromatic rings. The van der Waals surface area contributed by atoms with Crippen LogP contribution in [-0.2, 0) is 19.4 Å². The van der Waals surface area contributed by atoms with Crippen LogP contribution in [0, 0.1) is 23.2 Å². The number of fused-ring (bicyclic) bond motifs is 1. The predicted molar refractivity (Wildman–Crippen MR) is 230 cm³/mol. The number of nitrogens with one attached hydrogen (secondary N) is 2. The number of methoxy groups -OCH3 is 1. The molecule has 4 atom stereocenters. The fourth-order valence-electron chi connectivity index (χ4n) is 7.48. The van der Waals surface area contributed by atoms with Crippen molar-refractivity contribution in [3.8, 4) is 11.8 Å². The maximum absolute atomic E-state index is 13.2. The van der Waals surface area contributed by atoms with Crippen molar-refractivity contribution in [3.63, 3.8) is 0 Å². The van der Waals surface area contributed by atoms with Gasteiger partial charge < -0.3 is 28.4 Å². The SMILES string of the molecule is COc1ccc(C(OC[C@H]2C=C[C@@H](n3cnc4c(=O)[nH]c(NCC(C)C)nc43)C[C@@H]2OP(OCCC#N)N(C(C)C)C(C)C)(c2ccccc2)c2ccccc2)cc1. The molecule has 0 amide bonds. The molecule has 1 aliphatic carbocycles. The van der Waals surface area contributed by atoms with Crippen molar-refractivity contribution in [3.05, 3.63) is 130 Å². The van der Waals surface area contributed by atoms with E-state index in [-0.39, 0.29) is 48.1 Å². The zero-order valence-corrected chi connectivity index (χ0v) is 35.4. The van der Waals surface area contributed by atoms with Gasteiger partial charge in [-0.15, -0.1) is 0 Å². The third-order valence-corrected chi connectivity index (χ3v) is 12.4. The molecule has 306 valence electrons. The number of anilines is 1. The minimum atomic E-state index is -1.60. The summed E-state index contributed by atoms with van der Waals surface area (Å²) in [6.45, 7) is 13.9. The molecule has 12 nitrogen and oxygen atoms in total. The lowest BCUT2D eigenvalue weighted by atomic mass is 9.79. The summed E-state index contributed by atoms with van der Waals surface area (Å²) in [4.78, 5) is 25.3. The normalized spacial score (nSPS) is 17.7. The lowest BCUT2D eigenvalue weighted by Crippen LogP contribution is -2.40. The van der Waals surface area contributed by atoms with Crippen molar-refractivity contribution in [2.75, 3.05) is 32.2 Å². The number of hydrogen-bond acceptors (Lipinski definition) is 10. The van der Waals surface area contributed by atoms with Crippen molar-refractivity contribution in [1.82, 2.24) is 24.2 Å². The molecule has 1 aliphatic rings. The standard InChI is InChI=1S/C45H56N7O5P/c1-31(2)28-47-44-49-42-41(43(53)50-44)48-30-51(42)38-22-19-34(40(27-38)57-58(56-26-14-25-46)52(32(3)4)33(5)6)29-55-45(35-15-10-8-11-16-35,36-17-12-9-13-18-36)37-20-23-39(54-7)24-21-37/h8-13,15-24,30-34,38,40H,14,26-29H2,1-7H3,(H2,47,49,50,53)/t34-,38-,40+,58?/m1/s1. The topological polar surface area (TPSA) is 140 Å². The number of hydrogen-bond donors (Lipinski definition) is 2. The summed E-state index contributed by atoms with van der Waals surface area (Å²) in [5.74, 6) is 1.30. The number of rotatable bonds is 19. The summed E-state index contributed by atoms with van der Waals surface area (Å²) >= 11 is 0. The lowest BCUT2D eigenvalue weighted by Gasteiger charge is -2.42. The van der Waals surface area contributed by atoms with Gasteiger partial charge in [0.05, 0.1) is 51.3 Å². The van der Waals surface area contributed by atoms with Crippen LogP contribution in [0.3, 0.4) is 0 Å². The number of aromatic nitrogens is 4. The number of ether oxygens (including phenoxy) is 2. The second-order valence-corrected chi connectivity index (χ2v) is 16.9. The Kier molecular flexibility index (Phi) is 14.5. The van der Waals surface area contributed by atoms with Crippen LogP contribution in [0.4, 0.5) is 5.95 Å². The third kappa shape index (κ3) is 9.69. The molecular formula is C45H56N7O5P. The number of allylic oxidation sites excluding steroid dienone is 1. The molecule has 6 rings (SSSR count). The van der Waals surface area contributed by atoms with E-state index in [1.165, 1.54) is 0 Å². The largest absolute Gasteiger partial charge is 0.497 e. The highest BCUT2D eigenvalue weighted by Gasteiger charge is 2.41. The van der Waals surface area contributed by atoms with E-state index < -0.39 is 20.2 Å². The van der Waals surface area contributed by atoms with Crippen molar-refractivity contribution in [2.45, 2.75) is 84.2 Å². The fourth-order valence-corrected chi connectivity index (χ4v) is 9.26. The fraction of sp³-hybridized carbons (Fsp3) is 0.422. The second-order valence-electron chi connectivity index (χ2n) is 15.5. The molecule has 2 heterocycles. The van der Waals surface area contributed by atoms with E-state index in [4.69, 9.17) is 23.5 Å². The monoisotopic (exact) mass is 805 g/mol. The molecule has 0 saturated heterocycles. The molecule has 0 fully saturated rings. The Labute approximate surface area is 343 Å². The van der Waals surface area contributed by atoms with Gasteiger partial charge in [0.15, 0.2) is 11.2 Å². The first-order valence-corrected chi connectivity index (χ1v) is 21.2. The predicted octanol–water partition coefficient (Wildman–Crippen LogP) is 8.98. The molecule has 0 aliphatic heterocycles. The van der Waals surface area contributed by atoms with Gasteiger partial charge in [0.25, 0.3) is 14.1 Å². The highest BCUT2D eigenvalue weighted by atomic mass is 31.2. The molecule has 3 aromatic carbocycles. The number of nitriles is 1. The van der Waals surface area contributed by atoms with Gasteiger partial charge in [-0.25, -0.2) is 9.65 Å². The highest BCUT2D eigenvalue weighted by molar-refractivity contribution is 7.44. The van der Waals surface area contributed by atoms with E-state index >= 15 is 0 Å². The van der Waals surface area contributed by atoms with Crippen LogP contribution in [0.15, 0.2) is 108 Å².